The molecule has 3 rings (SSSR count). The summed E-state index contributed by atoms with van der Waals surface area (Å²) >= 11 is 0. The first kappa shape index (κ1) is 12.2. The molecule has 18 heavy (non-hydrogen) atoms. The molecule has 0 amide bonds. The molecule has 1 heterocycles. The topological polar surface area (TPSA) is 23.5 Å². The number of piperidine rings is 1. The van der Waals surface area contributed by atoms with Crippen molar-refractivity contribution in [2.24, 2.45) is 11.3 Å². The smallest absolute Gasteiger partial charge is 0.0459 e. The van der Waals surface area contributed by atoms with Crippen LogP contribution in [0.5, 0.6) is 0 Å². The Kier molecular flexibility index (Phi) is 3.40. The van der Waals surface area contributed by atoms with Crippen LogP contribution in [0.4, 0.5) is 0 Å². The van der Waals surface area contributed by atoms with E-state index in [4.69, 9.17) is 5.11 Å². The van der Waals surface area contributed by atoms with Crippen molar-refractivity contribution in [1.82, 2.24) is 4.90 Å². The molecule has 98 valence electrons. The molecular weight excluding hydrogens is 222 g/mol. The molecule has 0 radical (unpaired) electrons. The van der Waals surface area contributed by atoms with E-state index in [0.717, 1.165) is 6.54 Å². The number of hydrogen-bond donors (Lipinski definition) is 1. The summed E-state index contributed by atoms with van der Waals surface area (Å²) in [5.74, 6) is 0.602. The quantitative estimate of drug-likeness (QED) is 0.885. The van der Waals surface area contributed by atoms with E-state index in [-0.39, 0.29) is 0 Å². The number of likely N-dealkylation sites (tertiary alicyclic amines) is 1. The van der Waals surface area contributed by atoms with Gasteiger partial charge in [0.15, 0.2) is 0 Å². The van der Waals surface area contributed by atoms with Crippen molar-refractivity contribution >= 4 is 0 Å². The lowest BCUT2D eigenvalue weighted by Gasteiger charge is -2.52. The fourth-order valence-corrected chi connectivity index (χ4v) is 3.73. The molecule has 2 fully saturated rings. The Morgan fingerprint density at radius 2 is 1.78 bits per heavy atom. The van der Waals surface area contributed by atoms with E-state index < -0.39 is 0 Å². The van der Waals surface area contributed by atoms with Crippen LogP contribution in [0.3, 0.4) is 0 Å². The Bertz CT molecular complexity index is 373. The second-order valence-electron chi connectivity index (χ2n) is 6.22. The maximum Gasteiger partial charge on any atom is 0.0459 e. The molecule has 1 aliphatic heterocycles. The Morgan fingerprint density at radius 1 is 1.11 bits per heavy atom. The van der Waals surface area contributed by atoms with Gasteiger partial charge in [0, 0.05) is 13.2 Å². The van der Waals surface area contributed by atoms with E-state index in [0.29, 0.717) is 17.9 Å². The van der Waals surface area contributed by atoms with Gasteiger partial charge in [-0.05, 0) is 55.7 Å². The highest BCUT2D eigenvalue weighted by atomic mass is 16.3. The summed E-state index contributed by atoms with van der Waals surface area (Å²) < 4.78 is 0. The van der Waals surface area contributed by atoms with Crippen molar-refractivity contribution in [3.05, 3.63) is 35.9 Å². The van der Waals surface area contributed by atoms with Gasteiger partial charge in [-0.25, -0.2) is 0 Å². The first-order valence-corrected chi connectivity index (χ1v) is 7.17. The Morgan fingerprint density at radius 3 is 2.39 bits per heavy atom. The second-order valence-corrected chi connectivity index (χ2v) is 6.22. The largest absolute Gasteiger partial charge is 0.396 e. The highest BCUT2D eigenvalue weighted by Gasteiger charge is 2.45. The van der Waals surface area contributed by atoms with Gasteiger partial charge in [-0.1, -0.05) is 30.3 Å². The molecule has 1 saturated carbocycles. The zero-order valence-corrected chi connectivity index (χ0v) is 11.0. The summed E-state index contributed by atoms with van der Waals surface area (Å²) in [6, 6.07) is 10.8. The van der Waals surface area contributed by atoms with Gasteiger partial charge in [-0.15, -0.1) is 0 Å². The third kappa shape index (κ3) is 2.45. The molecule has 2 heteroatoms. The van der Waals surface area contributed by atoms with Gasteiger partial charge in [0.1, 0.15) is 0 Å². The molecule has 0 aromatic heterocycles. The van der Waals surface area contributed by atoms with Gasteiger partial charge in [0.2, 0.25) is 0 Å². The van der Waals surface area contributed by atoms with E-state index >= 15 is 0 Å². The molecule has 1 aliphatic carbocycles. The summed E-state index contributed by atoms with van der Waals surface area (Å²) in [5, 5.41) is 9.14. The van der Waals surface area contributed by atoms with E-state index in [1.165, 1.54) is 44.3 Å². The van der Waals surface area contributed by atoms with Crippen LogP contribution in [-0.2, 0) is 6.54 Å². The SMILES string of the molecule is OCC1CC2(CCN(Cc3ccccc3)CC2)C1. The number of aliphatic hydroxyl groups excluding tert-OH is 1. The van der Waals surface area contributed by atoms with Crippen LogP contribution in [0.2, 0.25) is 0 Å². The Hall–Kier alpha value is -0.860. The number of nitrogens with zero attached hydrogens (tertiary/aromatic N) is 1. The first-order valence-electron chi connectivity index (χ1n) is 7.17. The van der Waals surface area contributed by atoms with Crippen molar-refractivity contribution in [2.75, 3.05) is 19.7 Å². The molecular formula is C16H23NO. The van der Waals surface area contributed by atoms with Crippen LogP contribution in [0.15, 0.2) is 30.3 Å². The van der Waals surface area contributed by atoms with Crippen LogP contribution in [-0.4, -0.2) is 29.7 Å². The minimum Gasteiger partial charge on any atom is -0.396 e. The maximum atomic E-state index is 9.14. The van der Waals surface area contributed by atoms with Crippen molar-refractivity contribution in [1.29, 1.82) is 0 Å². The standard InChI is InChI=1S/C16H23NO/c18-13-15-10-16(11-15)6-8-17(9-7-16)12-14-4-2-1-3-5-14/h1-5,15,18H,6-13H2. The van der Waals surface area contributed by atoms with Crippen LogP contribution in [0.1, 0.15) is 31.2 Å². The number of rotatable bonds is 3. The zero-order chi connectivity index (χ0) is 12.4. The predicted octanol–water partition coefficient (Wildman–Crippen LogP) is 2.67. The summed E-state index contributed by atoms with van der Waals surface area (Å²) in [7, 11) is 0. The van der Waals surface area contributed by atoms with Crippen molar-refractivity contribution in [3.63, 3.8) is 0 Å². The van der Waals surface area contributed by atoms with Crippen LogP contribution >= 0.6 is 0 Å². The van der Waals surface area contributed by atoms with Gasteiger partial charge < -0.3 is 5.11 Å². The van der Waals surface area contributed by atoms with E-state index in [1.807, 2.05) is 0 Å². The number of benzene rings is 1. The van der Waals surface area contributed by atoms with Gasteiger partial charge in [0.05, 0.1) is 0 Å². The van der Waals surface area contributed by atoms with Crippen LogP contribution < -0.4 is 0 Å². The molecule has 2 aliphatic rings. The zero-order valence-electron chi connectivity index (χ0n) is 11.0. The number of hydrogen-bond acceptors (Lipinski definition) is 2. The minimum absolute atomic E-state index is 0.398. The van der Waals surface area contributed by atoms with Gasteiger partial charge in [-0.3, -0.25) is 4.90 Å². The molecule has 0 bridgehead atoms. The first-order chi connectivity index (χ1) is 8.80. The predicted molar refractivity (Wildman–Crippen MR) is 73.2 cm³/mol. The highest BCUT2D eigenvalue weighted by molar-refractivity contribution is 5.14. The van der Waals surface area contributed by atoms with Gasteiger partial charge >= 0.3 is 0 Å². The molecule has 1 aromatic rings. The average molecular weight is 245 g/mol. The van der Waals surface area contributed by atoms with Crippen molar-refractivity contribution in [3.8, 4) is 0 Å². The van der Waals surface area contributed by atoms with Gasteiger partial charge in [0.25, 0.3) is 0 Å². The summed E-state index contributed by atoms with van der Waals surface area (Å²) in [6.45, 7) is 3.95. The summed E-state index contributed by atoms with van der Waals surface area (Å²) in [6.07, 6.45) is 5.19. The summed E-state index contributed by atoms with van der Waals surface area (Å²) in [4.78, 5) is 2.58. The fraction of sp³-hybridized carbons (Fsp3) is 0.625. The molecule has 1 aromatic carbocycles. The molecule has 1 N–H and O–H groups in total. The highest BCUT2D eigenvalue weighted by Crippen LogP contribution is 2.52. The lowest BCUT2D eigenvalue weighted by molar-refractivity contribution is -0.0352. The van der Waals surface area contributed by atoms with Crippen molar-refractivity contribution < 1.29 is 5.11 Å². The molecule has 1 saturated heterocycles. The Balaban J connectivity index is 1.49. The summed E-state index contributed by atoms with van der Waals surface area (Å²) in [5.41, 5.74) is 2.02. The second kappa shape index (κ2) is 5.02. The minimum atomic E-state index is 0.398. The van der Waals surface area contributed by atoms with E-state index in [1.54, 1.807) is 0 Å². The molecule has 0 atom stereocenters. The average Bonchev–Trinajstić information content (AvgIpc) is 2.38. The lowest BCUT2D eigenvalue weighted by atomic mass is 9.58. The van der Waals surface area contributed by atoms with E-state index in [2.05, 4.69) is 35.2 Å². The normalized spacial score (nSPS) is 24.1. The molecule has 1 spiro atoms. The van der Waals surface area contributed by atoms with Gasteiger partial charge in [-0.2, -0.15) is 0 Å². The van der Waals surface area contributed by atoms with Crippen molar-refractivity contribution in [2.45, 2.75) is 32.2 Å². The molecule has 0 unspecified atom stereocenters. The monoisotopic (exact) mass is 245 g/mol. The third-order valence-corrected chi connectivity index (χ3v) is 4.87. The Labute approximate surface area is 110 Å². The third-order valence-electron chi connectivity index (χ3n) is 4.87. The fourth-order valence-electron chi connectivity index (χ4n) is 3.73. The van der Waals surface area contributed by atoms with Crippen LogP contribution in [0, 0.1) is 11.3 Å². The number of aliphatic hydroxyl groups is 1. The molecule has 2 nitrogen and oxygen atoms in total. The van der Waals surface area contributed by atoms with Crippen LogP contribution in [0.25, 0.3) is 0 Å². The maximum absolute atomic E-state index is 9.14. The lowest BCUT2D eigenvalue weighted by Crippen LogP contribution is -2.47. The van der Waals surface area contributed by atoms with E-state index in [9.17, 15) is 0 Å².